The number of para-hydroxylation sites is 2. The predicted octanol–water partition coefficient (Wildman–Crippen LogP) is 5.21. The van der Waals surface area contributed by atoms with E-state index < -0.39 is 0 Å². The first-order valence-corrected chi connectivity index (χ1v) is 10.6. The third-order valence-electron chi connectivity index (χ3n) is 5.80. The van der Waals surface area contributed by atoms with Crippen LogP contribution in [0.25, 0.3) is 27.8 Å². The molecule has 7 nitrogen and oxygen atoms in total. The SMILES string of the molecule is COc1cc(-c2c(C#N)c(N)n3c(nc4ccccc43)c2C#N)ccc1OCc1ccccc1F. The molecule has 35 heavy (non-hydrogen) atoms. The second-order valence-electron chi connectivity index (χ2n) is 7.74. The Balaban J connectivity index is 1.66. The number of pyridine rings is 1. The molecule has 5 aromatic rings. The molecule has 0 aliphatic carbocycles. The number of fused-ring (bicyclic) bond motifs is 3. The number of halogens is 1. The van der Waals surface area contributed by atoms with Crippen molar-refractivity contribution in [3.8, 4) is 34.8 Å². The topological polar surface area (TPSA) is 109 Å². The van der Waals surface area contributed by atoms with Gasteiger partial charge >= 0.3 is 0 Å². The summed E-state index contributed by atoms with van der Waals surface area (Å²) in [6, 6.07) is 23.0. The molecular formula is C27H18FN5O2. The molecule has 0 aliphatic rings. The summed E-state index contributed by atoms with van der Waals surface area (Å²) >= 11 is 0. The van der Waals surface area contributed by atoms with E-state index in [9.17, 15) is 14.9 Å². The number of nitrogen functional groups attached to an aromatic ring is 1. The number of methoxy groups -OCH3 is 1. The fourth-order valence-electron chi connectivity index (χ4n) is 4.14. The summed E-state index contributed by atoms with van der Waals surface area (Å²) in [7, 11) is 1.48. The number of benzene rings is 3. The van der Waals surface area contributed by atoms with E-state index in [-0.39, 0.29) is 29.4 Å². The molecule has 0 spiro atoms. The van der Waals surface area contributed by atoms with Crippen LogP contribution < -0.4 is 15.2 Å². The molecule has 2 N–H and O–H groups in total. The minimum Gasteiger partial charge on any atom is -0.493 e. The highest BCUT2D eigenvalue weighted by molar-refractivity contribution is 5.93. The summed E-state index contributed by atoms with van der Waals surface area (Å²) in [5.74, 6) is 0.566. The molecule has 2 heterocycles. The van der Waals surface area contributed by atoms with Crippen molar-refractivity contribution in [3.63, 3.8) is 0 Å². The van der Waals surface area contributed by atoms with Gasteiger partial charge in [0.05, 0.1) is 18.1 Å². The maximum Gasteiger partial charge on any atom is 0.161 e. The number of hydrogen-bond donors (Lipinski definition) is 1. The smallest absolute Gasteiger partial charge is 0.161 e. The Labute approximate surface area is 200 Å². The third-order valence-corrected chi connectivity index (χ3v) is 5.80. The molecule has 0 atom stereocenters. The number of nitriles is 2. The van der Waals surface area contributed by atoms with Gasteiger partial charge in [-0.1, -0.05) is 36.4 Å². The molecule has 5 rings (SSSR count). The molecule has 170 valence electrons. The van der Waals surface area contributed by atoms with Gasteiger partial charge in [0.25, 0.3) is 0 Å². The summed E-state index contributed by atoms with van der Waals surface area (Å²) in [5.41, 5.74) is 9.82. The van der Waals surface area contributed by atoms with Crippen molar-refractivity contribution >= 4 is 22.5 Å². The van der Waals surface area contributed by atoms with Gasteiger partial charge in [-0.2, -0.15) is 10.5 Å². The van der Waals surface area contributed by atoms with Gasteiger partial charge in [-0.15, -0.1) is 0 Å². The molecule has 0 bridgehead atoms. The Hall–Kier alpha value is -5.08. The van der Waals surface area contributed by atoms with Crippen molar-refractivity contribution < 1.29 is 13.9 Å². The fraction of sp³-hybridized carbons (Fsp3) is 0.0741. The van der Waals surface area contributed by atoms with Crippen LogP contribution in [-0.4, -0.2) is 16.5 Å². The summed E-state index contributed by atoms with van der Waals surface area (Å²) in [4.78, 5) is 4.60. The van der Waals surface area contributed by atoms with Gasteiger partial charge in [0.2, 0.25) is 0 Å². The molecular weight excluding hydrogens is 445 g/mol. The van der Waals surface area contributed by atoms with Crippen LogP contribution in [0.1, 0.15) is 16.7 Å². The Morgan fingerprint density at radius 2 is 1.71 bits per heavy atom. The van der Waals surface area contributed by atoms with E-state index in [1.165, 1.54) is 13.2 Å². The first-order valence-electron chi connectivity index (χ1n) is 10.6. The average molecular weight is 463 g/mol. The zero-order chi connectivity index (χ0) is 24.5. The monoisotopic (exact) mass is 463 g/mol. The highest BCUT2D eigenvalue weighted by Crippen LogP contribution is 2.39. The van der Waals surface area contributed by atoms with E-state index in [1.54, 1.807) is 40.8 Å². The van der Waals surface area contributed by atoms with Crippen LogP contribution >= 0.6 is 0 Å². The first-order chi connectivity index (χ1) is 17.1. The van der Waals surface area contributed by atoms with E-state index in [4.69, 9.17) is 15.2 Å². The Morgan fingerprint density at radius 3 is 2.46 bits per heavy atom. The Bertz CT molecular complexity index is 1690. The van der Waals surface area contributed by atoms with Crippen LogP contribution in [0, 0.1) is 28.5 Å². The maximum atomic E-state index is 14.0. The molecule has 0 amide bonds. The van der Waals surface area contributed by atoms with Crippen molar-refractivity contribution in [2.24, 2.45) is 0 Å². The quantitative estimate of drug-likeness (QED) is 0.383. The molecule has 0 saturated carbocycles. The van der Waals surface area contributed by atoms with Gasteiger partial charge in [-0.3, -0.25) is 4.40 Å². The van der Waals surface area contributed by atoms with Gasteiger partial charge in [-0.25, -0.2) is 9.37 Å². The molecule has 0 unspecified atom stereocenters. The van der Waals surface area contributed by atoms with E-state index in [0.717, 1.165) is 0 Å². The lowest BCUT2D eigenvalue weighted by molar-refractivity contribution is 0.280. The lowest BCUT2D eigenvalue weighted by atomic mass is 9.96. The van der Waals surface area contributed by atoms with Crippen LogP contribution in [0.4, 0.5) is 10.2 Å². The Kier molecular flexibility index (Phi) is 5.40. The number of aromatic nitrogens is 2. The molecule has 0 radical (unpaired) electrons. The lowest BCUT2D eigenvalue weighted by Gasteiger charge is -2.15. The summed E-state index contributed by atoms with van der Waals surface area (Å²) in [6.07, 6.45) is 0. The molecule has 3 aromatic carbocycles. The summed E-state index contributed by atoms with van der Waals surface area (Å²) in [5, 5.41) is 20.1. The zero-order valence-electron chi connectivity index (χ0n) is 18.6. The van der Waals surface area contributed by atoms with Crippen LogP contribution in [-0.2, 0) is 6.61 Å². The van der Waals surface area contributed by atoms with Crippen molar-refractivity contribution in [3.05, 3.63) is 89.2 Å². The van der Waals surface area contributed by atoms with Crippen molar-refractivity contribution in [2.75, 3.05) is 12.8 Å². The van der Waals surface area contributed by atoms with Crippen molar-refractivity contribution in [1.29, 1.82) is 10.5 Å². The number of nitrogens with zero attached hydrogens (tertiary/aromatic N) is 4. The van der Waals surface area contributed by atoms with Gasteiger partial charge in [0.15, 0.2) is 17.1 Å². The molecule has 0 aliphatic heterocycles. The van der Waals surface area contributed by atoms with Gasteiger partial charge in [0.1, 0.15) is 41.5 Å². The second-order valence-corrected chi connectivity index (χ2v) is 7.74. The van der Waals surface area contributed by atoms with E-state index in [0.29, 0.717) is 44.9 Å². The number of ether oxygens (including phenoxy) is 2. The zero-order valence-corrected chi connectivity index (χ0v) is 18.6. The van der Waals surface area contributed by atoms with Gasteiger partial charge in [0, 0.05) is 11.1 Å². The third kappa shape index (κ3) is 3.54. The van der Waals surface area contributed by atoms with Crippen LogP contribution in [0.5, 0.6) is 11.5 Å². The van der Waals surface area contributed by atoms with E-state index >= 15 is 0 Å². The summed E-state index contributed by atoms with van der Waals surface area (Å²) < 4.78 is 26.9. The molecule has 0 fully saturated rings. The number of hydrogen-bond acceptors (Lipinski definition) is 6. The minimum absolute atomic E-state index is 0.00877. The predicted molar refractivity (Wildman–Crippen MR) is 129 cm³/mol. The highest BCUT2D eigenvalue weighted by Gasteiger charge is 2.23. The standard InChI is InChI=1S/C27H18FN5O2/c1-34-24-12-16(10-11-23(24)35-15-17-6-2-3-7-20(17)28)25-18(13-29)26(31)33-22-9-5-4-8-21(22)32-27(33)19(25)14-30/h2-12H,15,31H2,1H3. The summed E-state index contributed by atoms with van der Waals surface area (Å²) in [6.45, 7) is 0.00877. The maximum absolute atomic E-state index is 14.0. The minimum atomic E-state index is -0.365. The first kappa shape index (κ1) is 21.7. The number of nitrogens with two attached hydrogens (primary N) is 1. The molecule has 8 heteroatoms. The normalized spacial score (nSPS) is 10.7. The highest BCUT2D eigenvalue weighted by atomic mass is 19.1. The second kappa shape index (κ2) is 8.69. The van der Waals surface area contributed by atoms with E-state index in [1.807, 2.05) is 24.3 Å². The largest absolute Gasteiger partial charge is 0.493 e. The van der Waals surface area contributed by atoms with Crippen LogP contribution in [0.3, 0.4) is 0 Å². The van der Waals surface area contributed by atoms with Gasteiger partial charge in [-0.05, 0) is 35.9 Å². The van der Waals surface area contributed by atoms with E-state index in [2.05, 4.69) is 17.1 Å². The van der Waals surface area contributed by atoms with Crippen molar-refractivity contribution in [1.82, 2.24) is 9.38 Å². The molecule has 0 saturated heterocycles. The lowest BCUT2D eigenvalue weighted by Crippen LogP contribution is -2.06. The van der Waals surface area contributed by atoms with Gasteiger partial charge < -0.3 is 15.2 Å². The number of anilines is 1. The molecule has 2 aromatic heterocycles. The Morgan fingerprint density at radius 1 is 0.971 bits per heavy atom. The van der Waals surface area contributed by atoms with Crippen LogP contribution in [0.15, 0.2) is 66.7 Å². The average Bonchev–Trinajstić information content (AvgIpc) is 3.28. The van der Waals surface area contributed by atoms with Crippen molar-refractivity contribution in [2.45, 2.75) is 6.61 Å². The number of imidazole rings is 1. The van der Waals surface area contributed by atoms with Crippen LogP contribution in [0.2, 0.25) is 0 Å². The number of rotatable bonds is 5. The fourth-order valence-corrected chi connectivity index (χ4v) is 4.14.